The second kappa shape index (κ2) is 9.38. The SMILES string of the molecule is Cc1c(-c2cccc(SC(F)(F)F)c2)c2cc(C(=O)N(C)C)ccc2n1C/C(F)=C/CN. The Kier molecular flexibility index (Phi) is 7.00. The van der Waals surface area contributed by atoms with Crippen molar-refractivity contribution in [1.29, 1.82) is 0 Å². The van der Waals surface area contributed by atoms with E-state index in [1.165, 1.54) is 23.1 Å². The number of hydrogen-bond donors (Lipinski definition) is 1. The molecule has 0 saturated carbocycles. The van der Waals surface area contributed by atoms with Crippen molar-refractivity contribution in [3.8, 4) is 11.1 Å². The van der Waals surface area contributed by atoms with Gasteiger partial charge in [-0.25, -0.2) is 4.39 Å². The van der Waals surface area contributed by atoms with E-state index in [2.05, 4.69) is 0 Å². The van der Waals surface area contributed by atoms with E-state index in [4.69, 9.17) is 5.73 Å². The highest BCUT2D eigenvalue weighted by atomic mass is 32.2. The summed E-state index contributed by atoms with van der Waals surface area (Å²) >= 11 is -0.194. The zero-order valence-electron chi connectivity index (χ0n) is 17.8. The molecule has 0 unspecified atom stereocenters. The van der Waals surface area contributed by atoms with E-state index in [9.17, 15) is 22.4 Å². The molecule has 9 heteroatoms. The number of nitrogens with zero attached hydrogens (tertiary/aromatic N) is 2. The monoisotopic (exact) mass is 465 g/mol. The van der Waals surface area contributed by atoms with Crippen molar-refractivity contribution < 1.29 is 22.4 Å². The van der Waals surface area contributed by atoms with Gasteiger partial charge >= 0.3 is 5.51 Å². The molecule has 1 heterocycles. The number of hydrogen-bond acceptors (Lipinski definition) is 3. The zero-order valence-corrected chi connectivity index (χ0v) is 18.6. The Bertz CT molecular complexity index is 1180. The van der Waals surface area contributed by atoms with E-state index in [1.807, 2.05) is 0 Å². The Hall–Kier alpha value is -2.78. The lowest BCUT2D eigenvalue weighted by atomic mass is 10.0. The van der Waals surface area contributed by atoms with Crippen LogP contribution in [0.1, 0.15) is 16.1 Å². The Balaban J connectivity index is 2.25. The zero-order chi connectivity index (χ0) is 23.6. The molecule has 0 fully saturated rings. The standard InChI is InChI=1S/C23H23F4N3OS/c1-14-21(15-5-4-6-18(11-15)32-23(25,26)27)19-12-16(22(31)29(2)3)7-8-20(19)30(14)13-17(24)9-10-28/h4-9,11-12H,10,13,28H2,1-3H3/b17-9-. The fourth-order valence-electron chi connectivity index (χ4n) is 3.63. The Morgan fingerprint density at radius 1 is 1.19 bits per heavy atom. The maximum atomic E-state index is 14.3. The summed E-state index contributed by atoms with van der Waals surface area (Å²) in [5, 5.41) is 0.657. The van der Waals surface area contributed by atoms with Crippen LogP contribution in [0.2, 0.25) is 0 Å². The summed E-state index contributed by atoms with van der Waals surface area (Å²) in [6, 6.07) is 11.2. The van der Waals surface area contributed by atoms with Crippen molar-refractivity contribution >= 4 is 28.6 Å². The maximum absolute atomic E-state index is 14.3. The van der Waals surface area contributed by atoms with E-state index in [1.54, 1.807) is 55.9 Å². The smallest absolute Gasteiger partial charge is 0.345 e. The van der Waals surface area contributed by atoms with Crippen LogP contribution in [0.25, 0.3) is 22.0 Å². The first-order chi connectivity index (χ1) is 15.0. The molecular weight excluding hydrogens is 442 g/mol. The number of aromatic nitrogens is 1. The van der Waals surface area contributed by atoms with Gasteiger partial charge in [-0.15, -0.1) is 0 Å². The number of nitrogens with two attached hydrogens (primary N) is 1. The lowest BCUT2D eigenvalue weighted by Gasteiger charge is -2.11. The molecule has 2 aromatic carbocycles. The average Bonchev–Trinajstić information content (AvgIpc) is 2.97. The topological polar surface area (TPSA) is 51.3 Å². The second-order valence-electron chi connectivity index (χ2n) is 7.44. The number of carbonyl (C=O) groups is 1. The molecule has 1 amide bonds. The van der Waals surface area contributed by atoms with Crippen molar-refractivity contribution in [2.24, 2.45) is 5.73 Å². The minimum absolute atomic E-state index is 0.0463. The third kappa shape index (κ3) is 5.16. The number of fused-ring (bicyclic) bond motifs is 1. The molecule has 4 nitrogen and oxygen atoms in total. The van der Waals surface area contributed by atoms with Crippen LogP contribution in [-0.2, 0) is 6.54 Å². The van der Waals surface area contributed by atoms with Gasteiger partial charge in [-0.05, 0) is 60.7 Å². The number of amides is 1. The van der Waals surface area contributed by atoms with Crippen molar-refractivity contribution in [3.63, 3.8) is 0 Å². The molecule has 3 rings (SSSR count). The molecule has 3 aromatic rings. The van der Waals surface area contributed by atoms with Gasteiger partial charge in [0.15, 0.2) is 0 Å². The lowest BCUT2D eigenvalue weighted by molar-refractivity contribution is -0.0328. The lowest BCUT2D eigenvalue weighted by Crippen LogP contribution is -2.21. The van der Waals surface area contributed by atoms with Crippen molar-refractivity contribution in [3.05, 3.63) is 65.6 Å². The van der Waals surface area contributed by atoms with Gasteiger partial charge in [0.2, 0.25) is 0 Å². The third-order valence-corrected chi connectivity index (χ3v) is 5.70. The quantitative estimate of drug-likeness (QED) is 0.373. The summed E-state index contributed by atoms with van der Waals surface area (Å²) in [5.74, 6) is -0.632. The highest BCUT2D eigenvalue weighted by Crippen LogP contribution is 2.41. The van der Waals surface area contributed by atoms with Gasteiger partial charge in [0, 0.05) is 53.3 Å². The largest absolute Gasteiger partial charge is 0.446 e. The number of carbonyl (C=O) groups excluding carboxylic acids is 1. The Morgan fingerprint density at radius 3 is 2.53 bits per heavy atom. The number of allylic oxidation sites excluding steroid dienone is 1. The molecule has 0 saturated heterocycles. The van der Waals surface area contributed by atoms with E-state index < -0.39 is 11.3 Å². The van der Waals surface area contributed by atoms with E-state index in [0.29, 0.717) is 33.3 Å². The van der Waals surface area contributed by atoms with Crippen LogP contribution in [0.5, 0.6) is 0 Å². The Morgan fingerprint density at radius 2 is 1.91 bits per heavy atom. The Labute approximate surface area is 187 Å². The first kappa shape index (κ1) is 23.9. The molecule has 170 valence electrons. The molecular formula is C23H23F4N3OS. The summed E-state index contributed by atoms with van der Waals surface area (Å²) in [4.78, 5) is 14.0. The molecule has 0 bridgehead atoms. The van der Waals surface area contributed by atoms with Crippen LogP contribution in [0, 0.1) is 6.92 Å². The van der Waals surface area contributed by atoms with Crippen LogP contribution < -0.4 is 5.73 Å². The molecule has 0 aliphatic rings. The van der Waals surface area contributed by atoms with Gasteiger partial charge in [0.05, 0.1) is 6.54 Å². The highest BCUT2D eigenvalue weighted by molar-refractivity contribution is 8.00. The number of alkyl halides is 3. The first-order valence-corrected chi connectivity index (χ1v) is 10.6. The fraction of sp³-hybridized carbons (Fsp3) is 0.261. The van der Waals surface area contributed by atoms with Gasteiger partial charge in [0.1, 0.15) is 5.83 Å². The van der Waals surface area contributed by atoms with E-state index in [-0.39, 0.29) is 35.7 Å². The first-order valence-electron chi connectivity index (χ1n) is 9.77. The van der Waals surface area contributed by atoms with Crippen LogP contribution >= 0.6 is 11.8 Å². The third-order valence-electron chi connectivity index (χ3n) is 4.98. The average molecular weight is 466 g/mol. The molecule has 1 aromatic heterocycles. The highest BCUT2D eigenvalue weighted by Gasteiger charge is 2.29. The van der Waals surface area contributed by atoms with Gasteiger partial charge in [-0.1, -0.05) is 12.1 Å². The molecule has 0 atom stereocenters. The molecule has 0 spiro atoms. The number of rotatable bonds is 6. The van der Waals surface area contributed by atoms with Crippen molar-refractivity contribution in [2.75, 3.05) is 20.6 Å². The molecule has 0 aliphatic carbocycles. The summed E-state index contributed by atoms with van der Waals surface area (Å²) < 4.78 is 54.8. The molecule has 0 radical (unpaired) electrons. The molecule has 32 heavy (non-hydrogen) atoms. The molecule has 0 aliphatic heterocycles. The molecule has 2 N–H and O–H groups in total. The summed E-state index contributed by atoms with van der Waals surface area (Å²) in [6.07, 6.45) is 1.27. The van der Waals surface area contributed by atoms with Gasteiger partial charge in [-0.2, -0.15) is 13.2 Å². The van der Waals surface area contributed by atoms with Crippen LogP contribution in [0.3, 0.4) is 0 Å². The summed E-state index contributed by atoms with van der Waals surface area (Å²) in [5.41, 5.74) is 3.98. The van der Waals surface area contributed by atoms with E-state index >= 15 is 0 Å². The van der Waals surface area contributed by atoms with Gasteiger partial charge in [-0.3, -0.25) is 4.79 Å². The van der Waals surface area contributed by atoms with Gasteiger partial charge in [0.25, 0.3) is 5.91 Å². The van der Waals surface area contributed by atoms with Crippen LogP contribution in [-0.4, -0.2) is 41.5 Å². The summed E-state index contributed by atoms with van der Waals surface area (Å²) in [7, 11) is 3.27. The fourth-order valence-corrected chi connectivity index (χ4v) is 4.23. The predicted molar refractivity (Wildman–Crippen MR) is 120 cm³/mol. The normalized spacial score (nSPS) is 12.4. The minimum Gasteiger partial charge on any atom is -0.345 e. The summed E-state index contributed by atoms with van der Waals surface area (Å²) in [6.45, 7) is 1.76. The number of thioether (sulfide) groups is 1. The van der Waals surface area contributed by atoms with Gasteiger partial charge < -0.3 is 15.2 Å². The van der Waals surface area contributed by atoms with Crippen LogP contribution in [0.4, 0.5) is 17.6 Å². The van der Waals surface area contributed by atoms with Crippen molar-refractivity contribution in [2.45, 2.75) is 23.9 Å². The van der Waals surface area contributed by atoms with Crippen molar-refractivity contribution in [1.82, 2.24) is 9.47 Å². The maximum Gasteiger partial charge on any atom is 0.446 e. The number of benzene rings is 2. The van der Waals surface area contributed by atoms with E-state index in [0.717, 1.165) is 0 Å². The second-order valence-corrected chi connectivity index (χ2v) is 8.58. The minimum atomic E-state index is -4.41. The predicted octanol–water partition coefficient (Wildman–Crippen LogP) is 5.74. The number of halogens is 4. The van der Waals surface area contributed by atoms with Crippen LogP contribution in [0.15, 0.2) is 59.3 Å².